The monoisotopic (exact) mass is 713 g/mol. The second-order valence-corrected chi connectivity index (χ2v) is 12.9. The standard InChI is InChI=1S/C42H27N13/c1-3-8-28(9-4-1)53-22-32(34(24-53)47-26-14-18-43-20-26)36-30-12-13-31-37(33-23-54(29-10-5-2-6-11-29)25-35(33)48-27-15-19-44-21-27)50-42-52-40(39-45-16-7-17-46-39)51-41(49-36)55(42)38(30)31/h1,3-5,7-25,43-44,47-48H. The summed E-state index contributed by atoms with van der Waals surface area (Å²) in [7, 11) is 0. The van der Waals surface area contributed by atoms with Crippen LogP contribution in [0.4, 0.5) is 22.7 Å². The first-order valence-corrected chi connectivity index (χ1v) is 17.5. The fraction of sp³-hybridized carbons (Fsp3) is 0. The van der Waals surface area contributed by atoms with Crippen LogP contribution in [0.25, 0.3) is 73.4 Å². The minimum Gasteiger partial charge on any atom is -0.366 e. The maximum atomic E-state index is 5.27. The zero-order chi connectivity index (χ0) is 36.3. The second-order valence-electron chi connectivity index (χ2n) is 12.9. The molecule has 13 heteroatoms. The fourth-order valence-corrected chi connectivity index (χ4v) is 7.09. The van der Waals surface area contributed by atoms with Crippen molar-refractivity contribution < 1.29 is 0 Å². The van der Waals surface area contributed by atoms with Crippen molar-refractivity contribution in [2.75, 3.05) is 10.6 Å². The van der Waals surface area contributed by atoms with Crippen molar-refractivity contribution in [3.05, 3.63) is 152 Å². The molecule has 1 aliphatic rings. The van der Waals surface area contributed by atoms with Crippen molar-refractivity contribution in [1.29, 1.82) is 0 Å². The molecule has 1 aliphatic carbocycles. The lowest BCUT2D eigenvalue weighted by molar-refractivity contribution is 1.00. The number of nitrogens with zero attached hydrogens (tertiary/aromatic N) is 9. The Morgan fingerprint density at radius 3 is 1.84 bits per heavy atom. The van der Waals surface area contributed by atoms with Crippen LogP contribution in [0.2, 0.25) is 0 Å². The van der Waals surface area contributed by atoms with Crippen LogP contribution in [0.5, 0.6) is 0 Å². The third kappa shape index (κ3) is 5.12. The highest BCUT2D eigenvalue weighted by atomic mass is 15.2. The molecule has 0 atom stereocenters. The average Bonchev–Trinajstić information content (AvgIpc) is 4.10. The first-order chi connectivity index (χ1) is 27.2. The number of aromatic nitrogens is 11. The van der Waals surface area contributed by atoms with Gasteiger partial charge in [0.2, 0.25) is 17.4 Å². The van der Waals surface area contributed by atoms with Crippen LogP contribution in [0.3, 0.4) is 0 Å². The number of allylic oxidation sites excluding steroid dienone is 4. The van der Waals surface area contributed by atoms with Gasteiger partial charge in [0, 0.05) is 95.6 Å². The van der Waals surface area contributed by atoms with Crippen LogP contribution in [0, 0.1) is 0 Å². The van der Waals surface area contributed by atoms with E-state index in [1.54, 1.807) is 18.5 Å². The summed E-state index contributed by atoms with van der Waals surface area (Å²) < 4.78 is 6.09. The van der Waals surface area contributed by atoms with Crippen molar-refractivity contribution in [2.24, 2.45) is 0 Å². The maximum Gasteiger partial charge on any atom is 0.239 e. The van der Waals surface area contributed by atoms with Crippen molar-refractivity contribution in [1.82, 2.24) is 53.4 Å². The van der Waals surface area contributed by atoms with E-state index in [9.17, 15) is 0 Å². The number of hydrogen-bond acceptors (Lipinski definition) is 8. The summed E-state index contributed by atoms with van der Waals surface area (Å²) >= 11 is 0. The molecule has 10 aromatic rings. The van der Waals surface area contributed by atoms with Gasteiger partial charge in [-0.05, 0) is 54.6 Å². The molecule has 4 N–H and O–H groups in total. The van der Waals surface area contributed by atoms with Crippen LogP contribution in [0.15, 0.2) is 152 Å². The van der Waals surface area contributed by atoms with Gasteiger partial charge in [-0.3, -0.25) is 0 Å². The summed E-state index contributed by atoms with van der Waals surface area (Å²) in [4.78, 5) is 35.7. The molecule has 2 aromatic carbocycles. The minimum atomic E-state index is 0.318. The first kappa shape index (κ1) is 30.4. The highest BCUT2D eigenvalue weighted by molar-refractivity contribution is 6.12. The predicted molar refractivity (Wildman–Crippen MR) is 213 cm³/mol. The van der Waals surface area contributed by atoms with Crippen LogP contribution in [-0.2, 0) is 0 Å². The Bertz CT molecular complexity index is 3150. The Morgan fingerprint density at radius 2 is 1.24 bits per heavy atom. The number of hydrogen-bond donors (Lipinski definition) is 4. The van der Waals surface area contributed by atoms with Crippen molar-refractivity contribution >= 4 is 56.3 Å². The van der Waals surface area contributed by atoms with E-state index in [0.29, 0.717) is 23.2 Å². The number of nitrogens with one attached hydrogen (secondary N) is 4. The molecular formula is C42H27N13. The summed E-state index contributed by atoms with van der Waals surface area (Å²) in [5.74, 6) is 1.53. The van der Waals surface area contributed by atoms with Crippen LogP contribution in [-0.4, -0.2) is 53.4 Å². The van der Waals surface area contributed by atoms with Crippen LogP contribution < -0.4 is 10.6 Å². The van der Waals surface area contributed by atoms with Gasteiger partial charge in [0.15, 0.2) is 5.82 Å². The maximum absolute atomic E-state index is 5.27. The van der Waals surface area contributed by atoms with Crippen molar-refractivity contribution in [3.8, 4) is 39.9 Å². The molecule has 0 unspecified atom stereocenters. The smallest absolute Gasteiger partial charge is 0.239 e. The Labute approximate surface area is 311 Å². The summed E-state index contributed by atoms with van der Waals surface area (Å²) in [6, 6.07) is 20.2. The van der Waals surface area contributed by atoms with Crippen molar-refractivity contribution in [3.63, 3.8) is 0 Å². The molecule has 0 fully saturated rings. The van der Waals surface area contributed by atoms with E-state index in [4.69, 9.17) is 19.9 Å². The molecular weight excluding hydrogens is 687 g/mol. The second kappa shape index (κ2) is 12.2. The van der Waals surface area contributed by atoms with E-state index in [2.05, 4.69) is 100 Å². The summed E-state index contributed by atoms with van der Waals surface area (Å²) in [6.07, 6.45) is 25.0. The van der Waals surface area contributed by atoms with E-state index in [1.807, 2.05) is 77.7 Å². The molecule has 55 heavy (non-hydrogen) atoms. The normalized spacial score (nSPS) is 12.4. The topological polar surface area (TPSA) is 147 Å². The highest BCUT2D eigenvalue weighted by Crippen LogP contribution is 2.43. The lowest BCUT2D eigenvalue weighted by atomic mass is 10.1. The number of anilines is 4. The number of H-pyrrole nitrogens is 2. The van der Waals surface area contributed by atoms with E-state index in [1.165, 1.54) is 0 Å². The van der Waals surface area contributed by atoms with E-state index in [-0.39, 0.29) is 0 Å². The third-order valence-corrected chi connectivity index (χ3v) is 9.57. The average molecular weight is 714 g/mol. The number of para-hydroxylation sites is 1. The fourth-order valence-electron chi connectivity index (χ4n) is 7.09. The molecule has 8 aromatic heterocycles. The van der Waals surface area contributed by atoms with Gasteiger partial charge >= 0.3 is 0 Å². The molecule has 0 saturated heterocycles. The lowest BCUT2D eigenvalue weighted by Crippen LogP contribution is -2.09. The van der Waals surface area contributed by atoms with Gasteiger partial charge in [0.1, 0.15) is 0 Å². The van der Waals surface area contributed by atoms with Gasteiger partial charge in [-0.1, -0.05) is 29.7 Å². The Hall–Kier alpha value is -8.24. The third-order valence-electron chi connectivity index (χ3n) is 9.57. The Morgan fingerprint density at radius 1 is 0.600 bits per heavy atom. The molecule has 13 nitrogen and oxygen atoms in total. The largest absolute Gasteiger partial charge is 0.366 e. The Kier molecular flexibility index (Phi) is 6.73. The SMILES string of the molecule is C1=C=CC(n2cc(Nc3cc[nH]c3)c(-c3nc4nc(-c5ncccn5)nc5nc(-c6cn(-c7ccccc7)cc6Nc6cc[nH]c6)c6ccc3c6n45)c2)=CC=1. The summed E-state index contributed by atoms with van der Waals surface area (Å²) in [5.41, 5.74) is 15.7. The molecule has 0 saturated carbocycles. The first-order valence-electron chi connectivity index (χ1n) is 17.5. The van der Waals surface area contributed by atoms with Crippen molar-refractivity contribution in [2.45, 2.75) is 0 Å². The molecule has 11 rings (SSSR count). The van der Waals surface area contributed by atoms with Crippen LogP contribution in [0.1, 0.15) is 0 Å². The van der Waals surface area contributed by atoms with Gasteiger partial charge in [0.05, 0.1) is 45.4 Å². The van der Waals surface area contributed by atoms with Gasteiger partial charge in [0.25, 0.3) is 0 Å². The molecule has 0 bridgehead atoms. The molecule has 0 amide bonds. The highest BCUT2D eigenvalue weighted by Gasteiger charge is 2.26. The van der Waals surface area contributed by atoms with Gasteiger partial charge in [-0.2, -0.15) is 9.97 Å². The van der Waals surface area contributed by atoms with E-state index in [0.717, 1.165) is 72.9 Å². The van der Waals surface area contributed by atoms with Gasteiger partial charge < -0.3 is 29.7 Å². The molecule has 0 radical (unpaired) electrons. The van der Waals surface area contributed by atoms with Gasteiger partial charge in [-0.25, -0.2) is 24.3 Å². The predicted octanol–water partition coefficient (Wildman–Crippen LogP) is 8.51. The number of rotatable bonds is 9. The van der Waals surface area contributed by atoms with Crippen LogP contribution >= 0.6 is 0 Å². The Balaban J connectivity index is 1.19. The zero-order valence-electron chi connectivity index (χ0n) is 28.8. The summed E-state index contributed by atoms with van der Waals surface area (Å²) in [5, 5.41) is 9.04. The molecule has 260 valence electrons. The zero-order valence-corrected chi connectivity index (χ0v) is 28.8. The van der Waals surface area contributed by atoms with Gasteiger partial charge in [-0.15, -0.1) is 0 Å². The molecule has 8 heterocycles. The molecule has 0 aliphatic heterocycles. The van der Waals surface area contributed by atoms with E-state index >= 15 is 0 Å². The number of aromatic amines is 2. The number of benzene rings is 1. The minimum absolute atomic E-state index is 0.318. The molecule has 0 spiro atoms. The lowest BCUT2D eigenvalue weighted by Gasteiger charge is -2.15. The van der Waals surface area contributed by atoms with E-state index < -0.39 is 0 Å². The quantitative estimate of drug-likeness (QED) is 0.109. The summed E-state index contributed by atoms with van der Waals surface area (Å²) in [6.45, 7) is 0.